The molecule has 0 saturated carbocycles. The number of benzene rings is 2. The van der Waals surface area contributed by atoms with Gasteiger partial charge in [0.15, 0.2) is 11.3 Å². The quantitative estimate of drug-likeness (QED) is 0.636. The zero-order valence-electron chi connectivity index (χ0n) is 16.0. The molecule has 4 heteroatoms. The highest BCUT2D eigenvalue weighted by molar-refractivity contribution is 7.08. The second-order valence-corrected chi connectivity index (χ2v) is 8.10. The highest BCUT2D eigenvalue weighted by Crippen LogP contribution is 2.41. The summed E-state index contributed by atoms with van der Waals surface area (Å²) in [5, 5.41) is 4.18. The number of thiophene rings is 1. The van der Waals surface area contributed by atoms with Crippen LogP contribution < -0.4 is 5.73 Å². The minimum Gasteiger partial charge on any atom is -0.387 e. The zero-order chi connectivity index (χ0) is 19.6. The Morgan fingerprint density at radius 2 is 1.86 bits per heavy atom. The lowest BCUT2D eigenvalue weighted by molar-refractivity contribution is -0.124. The van der Waals surface area contributed by atoms with Gasteiger partial charge in [0, 0.05) is 12.3 Å². The van der Waals surface area contributed by atoms with Crippen LogP contribution in [0.3, 0.4) is 0 Å². The maximum absolute atomic E-state index is 13.6. The van der Waals surface area contributed by atoms with Crippen molar-refractivity contribution < 1.29 is 4.79 Å². The van der Waals surface area contributed by atoms with Crippen LogP contribution in [0.2, 0.25) is 0 Å². The third kappa shape index (κ3) is 3.18. The van der Waals surface area contributed by atoms with Crippen LogP contribution >= 0.6 is 11.3 Å². The topological polar surface area (TPSA) is 55.5 Å². The molecule has 0 fully saturated rings. The van der Waals surface area contributed by atoms with Crippen molar-refractivity contribution in [1.29, 1.82) is 0 Å². The fourth-order valence-electron chi connectivity index (χ4n) is 4.07. The van der Waals surface area contributed by atoms with Crippen LogP contribution in [-0.2, 0) is 10.3 Å². The molecular formula is C24H24N2OS. The van der Waals surface area contributed by atoms with Gasteiger partial charge in [-0.05, 0) is 51.6 Å². The highest BCUT2D eigenvalue weighted by atomic mass is 32.1. The van der Waals surface area contributed by atoms with Crippen molar-refractivity contribution in [3.05, 3.63) is 82.6 Å². The van der Waals surface area contributed by atoms with Gasteiger partial charge in [0.25, 0.3) is 0 Å². The molecule has 28 heavy (non-hydrogen) atoms. The fourth-order valence-corrected chi connectivity index (χ4v) is 4.74. The summed E-state index contributed by atoms with van der Waals surface area (Å²) in [5.41, 5.74) is 9.34. The van der Waals surface area contributed by atoms with Gasteiger partial charge in [0.05, 0.1) is 5.84 Å². The minimum absolute atomic E-state index is 0.0365. The summed E-state index contributed by atoms with van der Waals surface area (Å²) in [7, 11) is 0. The Labute approximate surface area is 169 Å². The van der Waals surface area contributed by atoms with Gasteiger partial charge in [-0.15, -0.1) is 0 Å². The van der Waals surface area contributed by atoms with E-state index in [1.807, 2.05) is 42.5 Å². The summed E-state index contributed by atoms with van der Waals surface area (Å²) in [4.78, 5) is 18.5. The van der Waals surface area contributed by atoms with Gasteiger partial charge in [-0.25, -0.2) is 4.99 Å². The molecule has 1 aliphatic heterocycles. The number of nitrogens with two attached hydrogens (primary N) is 1. The number of rotatable bonds is 5. The number of carbonyl (C=O) groups excluding carboxylic acids is 1. The van der Waals surface area contributed by atoms with Crippen molar-refractivity contribution in [3.63, 3.8) is 0 Å². The minimum atomic E-state index is -1.07. The number of ketones is 1. The van der Waals surface area contributed by atoms with E-state index in [1.54, 1.807) is 11.3 Å². The van der Waals surface area contributed by atoms with Crippen molar-refractivity contribution >= 4 is 23.0 Å². The maximum atomic E-state index is 13.6. The molecule has 0 aliphatic carbocycles. The lowest BCUT2D eigenvalue weighted by atomic mass is 9.73. The number of amidine groups is 1. The SMILES string of the molecule is CCCC1CC(=O)C(c2ccccc2)(c2cccc(-c3ccsc3)c2)N=C1N. The van der Waals surface area contributed by atoms with E-state index in [-0.39, 0.29) is 11.7 Å². The van der Waals surface area contributed by atoms with Gasteiger partial charge in [-0.3, -0.25) is 4.79 Å². The van der Waals surface area contributed by atoms with E-state index in [1.165, 1.54) is 0 Å². The molecule has 0 saturated heterocycles. The molecule has 2 N–H and O–H groups in total. The van der Waals surface area contributed by atoms with E-state index in [2.05, 4.69) is 35.9 Å². The summed E-state index contributed by atoms with van der Waals surface area (Å²) in [6.45, 7) is 2.11. The van der Waals surface area contributed by atoms with Crippen LogP contribution in [0.15, 0.2) is 76.4 Å². The van der Waals surface area contributed by atoms with E-state index in [0.717, 1.165) is 35.1 Å². The van der Waals surface area contributed by atoms with Gasteiger partial charge in [0.1, 0.15) is 0 Å². The van der Waals surface area contributed by atoms with Gasteiger partial charge in [-0.2, -0.15) is 11.3 Å². The molecule has 0 bridgehead atoms. The Hall–Kier alpha value is -2.72. The Bertz CT molecular complexity index is 994. The average Bonchev–Trinajstić information content (AvgIpc) is 3.26. The molecule has 3 aromatic rings. The summed E-state index contributed by atoms with van der Waals surface area (Å²) in [5.74, 6) is 0.745. The number of hydrogen-bond acceptors (Lipinski definition) is 4. The molecule has 2 heterocycles. The predicted octanol–water partition coefficient (Wildman–Crippen LogP) is 5.41. The summed E-state index contributed by atoms with van der Waals surface area (Å²) in [6.07, 6.45) is 2.31. The Balaban J connectivity index is 1.91. The Kier molecular flexibility index (Phi) is 5.14. The summed E-state index contributed by atoms with van der Waals surface area (Å²) < 4.78 is 0. The number of carbonyl (C=O) groups is 1. The second-order valence-electron chi connectivity index (χ2n) is 7.32. The van der Waals surface area contributed by atoms with Crippen LogP contribution in [0.4, 0.5) is 0 Å². The lowest BCUT2D eigenvalue weighted by Crippen LogP contribution is -2.45. The monoisotopic (exact) mass is 388 g/mol. The van der Waals surface area contributed by atoms with Crippen molar-refractivity contribution in [2.24, 2.45) is 16.6 Å². The fraction of sp³-hybridized carbons (Fsp3) is 0.250. The first-order valence-electron chi connectivity index (χ1n) is 9.72. The molecule has 142 valence electrons. The molecule has 2 aromatic carbocycles. The van der Waals surface area contributed by atoms with Crippen molar-refractivity contribution in [1.82, 2.24) is 0 Å². The first-order valence-corrected chi connectivity index (χ1v) is 10.7. The van der Waals surface area contributed by atoms with Crippen molar-refractivity contribution in [2.75, 3.05) is 0 Å². The third-order valence-corrected chi connectivity index (χ3v) is 6.20. The van der Waals surface area contributed by atoms with Gasteiger partial charge < -0.3 is 5.73 Å². The lowest BCUT2D eigenvalue weighted by Gasteiger charge is -2.36. The second kappa shape index (κ2) is 7.72. The smallest absolute Gasteiger partial charge is 0.171 e. The number of Topliss-reactive ketones (excluding diaryl/α,β-unsaturated/α-hetero) is 1. The molecule has 1 aliphatic rings. The average molecular weight is 389 g/mol. The third-order valence-electron chi connectivity index (χ3n) is 5.51. The van der Waals surface area contributed by atoms with Crippen LogP contribution in [-0.4, -0.2) is 11.6 Å². The number of hydrogen-bond donors (Lipinski definition) is 1. The van der Waals surface area contributed by atoms with E-state index in [0.29, 0.717) is 12.3 Å². The van der Waals surface area contributed by atoms with E-state index in [4.69, 9.17) is 10.7 Å². The first-order chi connectivity index (χ1) is 13.6. The number of nitrogens with zero attached hydrogens (tertiary/aromatic N) is 1. The molecule has 0 spiro atoms. The number of aliphatic imine (C=N–C) groups is 1. The van der Waals surface area contributed by atoms with E-state index < -0.39 is 5.54 Å². The Morgan fingerprint density at radius 1 is 1.07 bits per heavy atom. The largest absolute Gasteiger partial charge is 0.387 e. The van der Waals surface area contributed by atoms with Crippen molar-refractivity contribution in [3.8, 4) is 11.1 Å². The normalized spacial score (nSPS) is 22.1. The molecule has 2 atom stereocenters. The van der Waals surface area contributed by atoms with Crippen LogP contribution in [0, 0.1) is 5.92 Å². The summed E-state index contributed by atoms with van der Waals surface area (Å²) in [6, 6.07) is 20.1. The van der Waals surface area contributed by atoms with Crippen LogP contribution in [0.1, 0.15) is 37.3 Å². The van der Waals surface area contributed by atoms with Gasteiger partial charge >= 0.3 is 0 Å². The highest BCUT2D eigenvalue weighted by Gasteiger charge is 2.46. The van der Waals surface area contributed by atoms with Crippen LogP contribution in [0.25, 0.3) is 11.1 Å². The van der Waals surface area contributed by atoms with Gasteiger partial charge in [0.2, 0.25) is 0 Å². The zero-order valence-corrected chi connectivity index (χ0v) is 16.8. The first kappa shape index (κ1) is 18.6. The van der Waals surface area contributed by atoms with Gasteiger partial charge in [-0.1, -0.05) is 61.9 Å². The molecule has 0 amide bonds. The predicted molar refractivity (Wildman–Crippen MR) is 117 cm³/mol. The molecule has 3 nitrogen and oxygen atoms in total. The molecule has 4 rings (SSSR count). The molecular weight excluding hydrogens is 364 g/mol. The summed E-state index contributed by atoms with van der Waals surface area (Å²) >= 11 is 1.66. The van der Waals surface area contributed by atoms with E-state index in [9.17, 15) is 4.79 Å². The van der Waals surface area contributed by atoms with Crippen LogP contribution in [0.5, 0.6) is 0 Å². The molecule has 2 unspecified atom stereocenters. The van der Waals surface area contributed by atoms with Crippen molar-refractivity contribution in [2.45, 2.75) is 31.7 Å². The molecule has 0 radical (unpaired) electrons. The molecule has 1 aromatic heterocycles. The standard InChI is InChI=1S/C24H24N2OS/c1-2-7-18-15-22(27)24(26-23(18)25,20-9-4-3-5-10-20)21-11-6-8-17(14-21)19-12-13-28-16-19/h3-6,8-14,16,18H,2,7,15H2,1H3,(H2,25,26). The van der Waals surface area contributed by atoms with E-state index >= 15 is 0 Å². The Morgan fingerprint density at radius 3 is 2.57 bits per heavy atom. The maximum Gasteiger partial charge on any atom is 0.171 e.